The molecule has 3 aromatic rings. The van der Waals surface area contributed by atoms with E-state index in [0.29, 0.717) is 44.1 Å². The third kappa shape index (κ3) is 7.22. The molecule has 2 aliphatic rings. The molecular weight excluding hydrogens is 622 g/mol. The maximum atomic E-state index is 15.3. The van der Waals surface area contributed by atoms with E-state index < -0.39 is 58.6 Å². The van der Waals surface area contributed by atoms with Crippen LogP contribution in [-0.4, -0.2) is 23.8 Å². The number of hydrogen-bond donors (Lipinski definition) is 1. The summed E-state index contributed by atoms with van der Waals surface area (Å²) in [4.78, 5) is 12.8. The fourth-order valence-corrected chi connectivity index (χ4v) is 6.76. The summed E-state index contributed by atoms with van der Waals surface area (Å²) >= 11 is 0. The standard InChI is InChI=1S/C37H38F6O4/c1-3-5-29(44)27-16-14-24(31(38)34(27)41)22-10-12-23(13-11-22)47-37(45)28-17-15-25(32(39)35(28)42)20-6-8-21(9-7-20)26-18-19-30(46-4-2)36(43)33(26)40/h10,14-21,23,29,44H,3-9,11-13H2,1-2H3. The molecule has 2 aliphatic carbocycles. The van der Waals surface area contributed by atoms with Gasteiger partial charge in [-0.1, -0.05) is 43.7 Å². The van der Waals surface area contributed by atoms with Crippen molar-refractivity contribution in [1.82, 2.24) is 0 Å². The van der Waals surface area contributed by atoms with Crippen LogP contribution in [-0.2, 0) is 4.74 Å². The van der Waals surface area contributed by atoms with Crippen LogP contribution in [0.4, 0.5) is 26.3 Å². The molecule has 0 aromatic heterocycles. The molecule has 3 aromatic carbocycles. The SMILES string of the molecule is CCCC(O)c1ccc(C2=CCC(OC(=O)c3ccc(C4CCC(c5ccc(OCC)c(F)c5F)CC4)c(F)c3F)CC2)c(F)c1F. The van der Waals surface area contributed by atoms with Crippen molar-refractivity contribution in [3.63, 3.8) is 0 Å². The third-order valence-corrected chi connectivity index (χ3v) is 9.33. The molecule has 0 heterocycles. The van der Waals surface area contributed by atoms with Crippen molar-refractivity contribution in [2.75, 3.05) is 6.61 Å². The highest BCUT2D eigenvalue weighted by Gasteiger charge is 2.31. The minimum Gasteiger partial charge on any atom is -0.491 e. The van der Waals surface area contributed by atoms with E-state index in [2.05, 4.69) is 0 Å². The van der Waals surface area contributed by atoms with E-state index in [1.807, 2.05) is 6.92 Å². The van der Waals surface area contributed by atoms with Gasteiger partial charge in [0.1, 0.15) is 6.10 Å². The Morgan fingerprint density at radius 1 is 0.787 bits per heavy atom. The highest BCUT2D eigenvalue weighted by Crippen LogP contribution is 2.43. The topological polar surface area (TPSA) is 55.8 Å². The second kappa shape index (κ2) is 15.0. The molecule has 4 nitrogen and oxygen atoms in total. The van der Waals surface area contributed by atoms with Crippen LogP contribution < -0.4 is 4.74 Å². The summed E-state index contributed by atoms with van der Waals surface area (Å²) in [5, 5.41) is 10.1. The molecule has 1 N–H and O–H groups in total. The van der Waals surface area contributed by atoms with Crippen molar-refractivity contribution < 1.29 is 45.7 Å². The Bertz CT molecular complexity index is 1650. The number of carbonyl (C=O) groups excluding carboxylic acids is 1. The quantitative estimate of drug-likeness (QED) is 0.174. The van der Waals surface area contributed by atoms with E-state index in [1.54, 1.807) is 13.0 Å². The van der Waals surface area contributed by atoms with Gasteiger partial charge in [0.2, 0.25) is 5.82 Å². The normalized spacial score (nSPS) is 20.4. The zero-order valence-electron chi connectivity index (χ0n) is 26.4. The second-order valence-electron chi connectivity index (χ2n) is 12.3. The van der Waals surface area contributed by atoms with E-state index >= 15 is 8.78 Å². The summed E-state index contributed by atoms with van der Waals surface area (Å²) in [7, 11) is 0. The largest absolute Gasteiger partial charge is 0.491 e. The van der Waals surface area contributed by atoms with Gasteiger partial charge in [-0.25, -0.2) is 26.7 Å². The highest BCUT2D eigenvalue weighted by atomic mass is 19.2. The number of halogens is 6. The molecule has 0 radical (unpaired) electrons. The van der Waals surface area contributed by atoms with E-state index in [4.69, 9.17) is 9.47 Å². The monoisotopic (exact) mass is 660 g/mol. The first-order valence-electron chi connectivity index (χ1n) is 16.2. The smallest absolute Gasteiger partial charge is 0.341 e. The minimum atomic E-state index is -1.32. The van der Waals surface area contributed by atoms with Crippen molar-refractivity contribution in [2.45, 2.75) is 95.7 Å². The van der Waals surface area contributed by atoms with Gasteiger partial charge in [0.25, 0.3) is 0 Å². The van der Waals surface area contributed by atoms with Crippen LogP contribution >= 0.6 is 0 Å². The summed E-state index contributed by atoms with van der Waals surface area (Å²) in [6, 6.07) is 8.27. The first kappa shape index (κ1) is 34.5. The average molecular weight is 661 g/mol. The lowest BCUT2D eigenvalue weighted by Crippen LogP contribution is -2.22. The summed E-state index contributed by atoms with van der Waals surface area (Å²) in [5.74, 6) is -8.42. The van der Waals surface area contributed by atoms with Crippen LogP contribution in [0.3, 0.4) is 0 Å². The molecule has 2 atom stereocenters. The molecule has 2 unspecified atom stereocenters. The zero-order chi connectivity index (χ0) is 33.8. The van der Waals surface area contributed by atoms with Crippen LogP contribution in [0.2, 0.25) is 0 Å². The Morgan fingerprint density at radius 3 is 2.02 bits per heavy atom. The summed E-state index contributed by atoms with van der Waals surface area (Å²) < 4.78 is 99.7. The van der Waals surface area contributed by atoms with E-state index in [1.165, 1.54) is 36.4 Å². The van der Waals surface area contributed by atoms with Crippen molar-refractivity contribution in [3.05, 3.63) is 105 Å². The van der Waals surface area contributed by atoms with Gasteiger partial charge in [-0.05, 0) is 92.5 Å². The Labute approximate surface area is 270 Å². The van der Waals surface area contributed by atoms with Gasteiger partial charge in [-0.2, -0.15) is 4.39 Å². The Morgan fingerprint density at radius 2 is 1.43 bits per heavy atom. The molecule has 0 bridgehead atoms. The molecular formula is C37H38F6O4. The van der Waals surface area contributed by atoms with Crippen LogP contribution in [0.25, 0.3) is 5.57 Å². The highest BCUT2D eigenvalue weighted by molar-refractivity contribution is 5.90. The molecule has 1 saturated carbocycles. The van der Waals surface area contributed by atoms with Crippen LogP contribution in [0.15, 0.2) is 42.5 Å². The van der Waals surface area contributed by atoms with Crippen LogP contribution in [0.1, 0.15) is 122 Å². The Balaban J connectivity index is 1.20. The maximum absolute atomic E-state index is 15.3. The Kier molecular flexibility index (Phi) is 11.0. The molecule has 1 fully saturated rings. The molecule has 0 amide bonds. The number of carbonyl (C=O) groups is 1. The lowest BCUT2D eigenvalue weighted by Gasteiger charge is -2.30. The zero-order valence-corrected chi connectivity index (χ0v) is 26.4. The number of esters is 1. The fourth-order valence-electron chi connectivity index (χ4n) is 6.76. The van der Waals surface area contributed by atoms with Gasteiger partial charge in [-0.3, -0.25) is 0 Å². The number of aliphatic hydroxyl groups is 1. The molecule has 5 rings (SSSR count). The van der Waals surface area contributed by atoms with Crippen molar-refractivity contribution in [2.24, 2.45) is 0 Å². The average Bonchev–Trinajstić information content (AvgIpc) is 3.06. The predicted octanol–water partition coefficient (Wildman–Crippen LogP) is 9.99. The lowest BCUT2D eigenvalue weighted by molar-refractivity contribution is 0.0278. The first-order chi connectivity index (χ1) is 22.5. The number of benzene rings is 3. The number of aliphatic hydroxyl groups excluding tert-OH is 1. The van der Waals surface area contributed by atoms with Gasteiger partial charge in [-0.15, -0.1) is 0 Å². The summed E-state index contributed by atoms with van der Waals surface area (Å²) in [5.41, 5.74) is 0.294. The lowest BCUT2D eigenvalue weighted by atomic mass is 9.75. The molecule has 47 heavy (non-hydrogen) atoms. The summed E-state index contributed by atoms with van der Waals surface area (Å²) in [6.07, 6.45) is 3.19. The van der Waals surface area contributed by atoms with E-state index in [-0.39, 0.29) is 65.7 Å². The van der Waals surface area contributed by atoms with Crippen molar-refractivity contribution >= 4 is 11.5 Å². The third-order valence-electron chi connectivity index (χ3n) is 9.33. The molecule has 10 heteroatoms. The first-order valence-corrected chi connectivity index (χ1v) is 16.2. The van der Waals surface area contributed by atoms with Crippen LogP contribution in [0.5, 0.6) is 5.75 Å². The minimum absolute atomic E-state index is 0.0641. The van der Waals surface area contributed by atoms with Gasteiger partial charge in [0.15, 0.2) is 34.8 Å². The van der Waals surface area contributed by atoms with Crippen LogP contribution in [0, 0.1) is 34.9 Å². The van der Waals surface area contributed by atoms with Gasteiger partial charge in [0.05, 0.1) is 18.3 Å². The van der Waals surface area contributed by atoms with Gasteiger partial charge < -0.3 is 14.6 Å². The second-order valence-corrected chi connectivity index (χ2v) is 12.3. The van der Waals surface area contributed by atoms with E-state index in [9.17, 15) is 27.5 Å². The van der Waals surface area contributed by atoms with Crippen molar-refractivity contribution in [3.8, 4) is 5.75 Å². The molecule has 0 saturated heterocycles. The predicted molar refractivity (Wildman–Crippen MR) is 165 cm³/mol. The summed E-state index contributed by atoms with van der Waals surface area (Å²) in [6.45, 7) is 3.70. The Hall–Kier alpha value is -3.79. The van der Waals surface area contributed by atoms with E-state index in [0.717, 1.165) is 0 Å². The van der Waals surface area contributed by atoms with Gasteiger partial charge in [0, 0.05) is 17.5 Å². The molecule has 0 spiro atoms. The fraction of sp³-hybridized carbons (Fsp3) is 0.432. The number of hydrogen-bond acceptors (Lipinski definition) is 4. The number of rotatable bonds is 10. The number of ether oxygens (including phenoxy) is 2. The van der Waals surface area contributed by atoms with Gasteiger partial charge >= 0.3 is 5.97 Å². The maximum Gasteiger partial charge on any atom is 0.341 e. The number of allylic oxidation sites excluding steroid dienone is 1. The van der Waals surface area contributed by atoms with Crippen molar-refractivity contribution in [1.29, 1.82) is 0 Å². The molecule has 0 aliphatic heterocycles. The molecule has 252 valence electrons.